The summed E-state index contributed by atoms with van der Waals surface area (Å²) in [4.78, 5) is 16.9. The second-order valence-corrected chi connectivity index (χ2v) is 5.91. The van der Waals surface area contributed by atoms with Crippen LogP contribution in [0.25, 0.3) is 16.9 Å². The van der Waals surface area contributed by atoms with E-state index in [9.17, 15) is 4.79 Å². The third-order valence-electron chi connectivity index (χ3n) is 4.12. The van der Waals surface area contributed by atoms with Crippen molar-refractivity contribution in [3.8, 4) is 11.3 Å². The van der Waals surface area contributed by atoms with Gasteiger partial charge in [-0.3, -0.25) is 4.79 Å². The highest BCUT2D eigenvalue weighted by atomic mass is 16.5. The van der Waals surface area contributed by atoms with Gasteiger partial charge in [0.25, 0.3) is 5.91 Å². The van der Waals surface area contributed by atoms with Crippen molar-refractivity contribution in [2.45, 2.75) is 13.8 Å². The monoisotopic (exact) mass is 332 g/mol. The van der Waals surface area contributed by atoms with Crippen molar-refractivity contribution < 1.29 is 9.32 Å². The van der Waals surface area contributed by atoms with Crippen LogP contribution in [0.2, 0.25) is 0 Å². The van der Waals surface area contributed by atoms with Gasteiger partial charge in [-0.2, -0.15) is 0 Å². The Kier molecular flexibility index (Phi) is 3.57. The predicted molar refractivity (Wildman–Crippen MR) is 94.6 cm³/mol. The van der Waals surface area contributed by atoms with E-state index in [-0.39, 0.29) is 11.7 Å². The Morgan fingerprint density at radius 2 is 2.04 bits per heavy atom. The first kappa shape index (κ1) is 15.1. The number of nitrogens with one attached hydrogen (secondary N) is 1. The minimum atomic E-state index is -0.330. The fourth-order valence-electron chi connectivity index (χ4n) is 2.73. The molecule has 0 fully saturated rings. The second-order valence-electron chi connectivity index (χ2n) is 5.91. The number of carbonyl (C=O) groups excluding carboxylic acids is 1. The number of fused-ring (bicyclic) bond motifs is 1. The van der Waals surface area contributed by atoms with Crippen molar-refractivity contribution in [2.75, 3.05) is 5.32 Å². The number of carbonyl (C=O) groups is 1. The molecule has 3 heterocycles. The van der Waals surface area contributed by atoms with Gasteiger partial charge >= 0.3 is 0 Å². The number of aromatic nitrogens is 3. The van der Waals surface area contributed by atoms with Crippen LogP contribution in [0.1, 0.15) is 21.7 Å². The molecule has 3 aromatic heterocycles. The molecule has 1 aromatic carbocycles. The summed E-state index contributed by atoms with van der Waals surface area (Å²) < 4.78 is 6.89. The quantitative estimate of drug-likeness (QED) is 0.618. The molecule has 1 N–H and O–H groups in total. The van der Waals surface area contributed by atoms with Gasteiger partial charge in [0.05, 0.1) is 11.9 Å². The van der Waals surface area contributed by atoms with Crippen molar-refractivity contribution in [2.24, 2.45) is 0 Å². The van der Waals surface area contributed by atoms with Crippen LogP contribution in [0, 0.1) is 13.8 Å². The lowest BCUT2D eigenvalue weighted by molar-refractivity contribution is 0.0988. The molecule has 0 atom stereocenters. The van der Waals surface area contributed by atoms with Gasteiger partial charge in [-0.15, -0.1) is 0 Å². The van der Waals surface area contributed by atoms with Gasteiger partial charge in [-0.25, -0.2) is 4.98 Å². The van der Waals surface area contributed by atoms with E-state index in [4.69, 9.17) is 9.51 Å². The maximum Gasteiger partial charge on any atom is 0.294 e. The highest BCUT2D eigenvalue weighted by molar-refractivity contribution is 6.02. The molecule has 1 amide bonds. The van der Waals surface area contributed by atoms with Crippen LogP contribution in [0.5, 0.6) is 0 Å². The number of pyridine rings is 1. The van der Waals surface area contributed by atoms with Crippen LogP contribution >= 0.6 is 0 Å². The standard InChI is InChI=1S/C19H16N4O2/c1-12-5-6-14(10-15(12)22-19(24)17-7-8-20-25-17)16-11-23-9-3-4-13(2)18(23)21-16/h3-11H,1-2H3,(H,22,24). The second kappa shape index (κ2) is 5.90. The molecule has 4 aromatic rings. The van der Waals surface area contributed by atoms with E-state index < -0.39 is 0 Å². The molecule has 25 heavy (non-hydrogen) atoms. The van der Waals surface area contributed by atoms with E-state index in [1.165, 1.54) is 12.3 Å². The van der Waals surface area contributed by atoms with Gasteiger partial charge in [0, 0.05) is 29.7 Å². The summed E-state index contributed by atoms with van der Waals surface area (Å²) in [6.45, 7) is 3.97. The van der Waals surface area contributed by atoms with Crippen molar-refractivity contribution >= 4 is 17.2 Å². The Hall–Kier alpha value is -3.41. The third-order valence-corrected chi connectivity index (χ3v) is 4.12. The average molecular weight is 332 g/mol. The van der Waals surface area contributed by atoms with Crippen LogP contribution in [-0.4, -0.2) is 20.4 Å². The molecule has 124 valence electrons. The lowest BCUT2D eigenvalue weighted by Gasteiger charge is -2.08. The number of hydrogen-bond acceptors (Lipinski definition) is 4. The molecule has 0 aliphatic heterocycles. The zero-order chi connectivity index (χ0) is 17.4. The largest absolute Gasteiger partial charge is 0.351 e. The molecule has 0 unspecified atom stereocenters. The van der Waals surface area contributed by atoms with Crippen LogP contribution < -0.4 is 5.32 Å². The van der Waals surface area contributed by atoms with Crippen LogP contribution in [0.3, 0.4) is 0 Å². The minimum Gasteiger partial charge on any atom is -0.351 e. The summed E-state index contributed by atoms with van der Waals surface area (Å²) in [6.07, 6.45) is 5.39. The summed E-state index contributed by atoms with van der Waals surface area (Å²) in [7, 11) is 0. The summed E-state index contributed by atoms with van der Waals surface area (Å²) in [6, 6.07) is 11.4. The maximum atomic E-state index is 12.2. The third kappa shape index (κ3) is 2.78. The zero-order valence-corrected chi connectivity index (χ0v) is 13.9. The molecule has 0 saturated carbocycles. The topological polar surface area (TPSA) is 72.4 Å². The fourth-order valence-corrected chi connectivity index (χ4v) is 2.73. The average Bonchev–Trinajstić information content (AvgIpc) is 3.26. The number of rotatable bonds is 3. The predicted octanol–water partition coefficient (Wildman–Crippen LogP) is 3.86. The number of imidazole rings is 1. The zero-order valence-electron chi connectivity index (χ0n) is 13.9. The summed E-state index contributed by atoms with van der Waals surface area (Å²) in [5.41, 5.74) is 5.49. The number of hydrogen-bond donors (Lipinski definition) is 1. The van der Waals surface area contributed by atoms with Gasteiger partial charge in [-0.1, -0.05) is 23.4 Å². The molecular formula is C19H16N4O2. The molecule has 0 saturated heterocycles. The van der Waals surface area contributed by atoms with E-state index in [1.807, 2.05) is 61.0 Å². The lowest BCUT2D eigenvalue weighted by atomic mass is 10.1. The van der Waals surface area contributed by atoms with E-state index in [2.05, 4.69) is 10.5 Å². The number of anilines is 1. The van der Waals surface area contributed by atoms with Crippen molar-refractivity contribution in [1.29, 1.82) is 0 Å². The number of aryl methyl sites for hydroxylation is 2. The van der Waals surface area contributed by atoms with Gasteiger partial charge in [0.1, 0.15) is 5.65 Å². The fraction of sp³-hybridized carbons (Fsp3) is 0.105. The Bertz CT molecular complexity index is 1060. The van der Waals surface area contributed by atoms with Crippen molar-refractivity contribution in [3.63, 3.8) is 0 Å². The highest BCUT2D eigenvalue weighted by Crippen LogP contribution is 2.26. The maximum absolute atomic E-state index is 12.2. The van der Waals surface area contributed by atoms with E-state index >= 15 is 0 Å². The van der Waals surface area contributed by atoms with Gasteiger partial charge < -0.3 is 14.2 Å². The van der Waals surface area contributed by atoms with Gasteiger partial charge in [-0.05, 0) is 37.1 Å². The first-order valence-corrected chi connectivity index (χ1v) is 7.89. The molecule has 4 rings (SSSR count). The summed E-state index contributed by atoms with van der Waals surface area (Å²) in [5, 5.41) is 6.42. The number of amides is 1. The molecule has 6 nitrogen and oxygen atoms in total. The van der Waals surface area contributed by atoms with Gasteiger partial charge in [0.15, 0.2) is 0 Å². The van der Waals surface area contributed by atoms with Crippen LogP contribution in [-0.2, 0) is 0 Å². The summed E-state index contributed by atoms with van der Waals surface area (Å²) >= 11 is 0. The SMILES string of the molecule is Cc1ccc(-c2cn3cccc(C)c3n2)cc1NC(=O)c1ccno1. The first-order chi connectivity index (χ1) is 12.1. The lowest BCUT2D eigenvalue weighted by Crippen LogP contribution is -2.11. The Morgan fingerprint density at radius 1 is 1.16 bits per heavy atom. The highest BCUT2D eigenvalue weighted by Gasteiger charge is 2.13. The summed E-state index contributed by atoms with van der Waals surface area (Å²) in [5.74, 6) is -0.156. The van der Waals surface area contributed by atoms with E-state index in [0.717, 1.165) is 28.0 Å². The Labute approximate surface area is 144 Å². The van der Waals surface area contributed by atoms with Crippen molar-refractivity contribution in [3.05, 3.63) is 71.9 Å². The molecule has 0 bridgehead atoms. The Balaban J connectivity index is 1.71. The molecule has 6 heteroatoms. The molecule has 0 spiro atoms. The van der Waals surface area contributed by atoms with Crippen molar-refractivity contribution in [1.82, 2.24) is 14.5 Å². The normalized spacial score (nSPS) is 11.0. The van der Waals surface area contributed by atoms with Gasteiger partial charge in [0.2, 0.25) is 5.76 Å². The Morgan fingerprint density at radius 3 is 2.80 bits per heavy atom. The van der Waals surface area contributed by atoms with E-state index in [1.54, 1.807) is 0 Å². The molecule has 0 aliphatic carbocycles. The number of benzene rings is 1. The molecular weight excluding hydrogens is 316 g/mol. The minimum absolute atomic E-state index is 0.174. The van der Waals surface area contributed by atoms with E-state index in [0.29, 0.717) is 5.69 Å². The van der Waals surface area contributed by atoms with Crippen LogP contribution in [0.15, 0.2) is 59.5 Å². The smallest absolute Gasteiger partial charge is 0.294 e. The first-order valence-electron chi connectivity index (χ1n) is 7.89. The number of nitrogens with zero attached hydrogens (tertiary/aromatic N) is 3. The molecule has 0 radical (unpaired) electrons. The molecule has 0 aliphatic rings. The van der Waals surface area contributed by atoms with Crippen LogP contribution in [0.4, 0.5) is 5.69 Å².